The largest absolute Gasteiger partial charge is 0.340 e. The van der Waals surface area contributed by atoms with Gasteiger partial charge in [0, 0.05) is 19.1 Å². The molecule has 0 aromatic rings. The summed E-state index contributed by atoms with van der Waals surface area (Å²) in [5.74, 6) is 0.340. The van der Waals surface area contributed by atoms with Crippen molar-refractivity contribution in [2.24, 2.45) is 5.41 Å². The Morgan fingerprint density at radius 2 is 2.13 bits per heavy atom. The number of carbonyl (C=O) groups excluding carboxylic acids is 1. The number of nitrogens with zero attached hydrogens (tertiary/aromatic N) is 1. The number of rotatable bonds is 4. The first-order valence-corrected chi connectivity index (χ1v) is 6.09. The van der Waals surface area contributed by atoms with Gasteiger partial charge < -0.3 is 10.2 Å². The van der Waals surface area contributed by atoms with E-state index >= 15 is 0 Å². The van der Waals surface area contributed by atoms with Crippen molar-refractivity contribution in [1.29, 1.82) is 0 Å². The molecule has 1 fully saturated rings. The number of hydrogen-bond donors (Lipinski definition) is 1. The van der Waals surface area contributed by atoms with Crippen LogP contribution in [0.25, 0.3) is 0 Å². The summed E-state index contributed by atoms with van der Waals surface area (Å²) >= 11 is 0. The first-order valence-electron chi connectivity index (χ1n) is 6.09. The van der Waals surface area contributed by atoms with Gasteiger partial charge >= 0.3 is 0 Å². The molecule has 0 bridgehead atoms. The van der Waals surface area contributed by atoms with Gasteiger partial charge in [0.2, 0.25) is 5.91 Å². The fourth-order valence-corrected chi connectivity index (χ4v) is 2.43. The quantitative estimate of drug-likeness (QED) is 0.768. The van der Waals surface area contributed by atoms with Crippen LogP contribution in [0.5, 0.6) is 0 Å². The van der Waals surface area contributed by atoms with Gasteiger partial charge in [0.05, 0.1) is 5.41 Å². The van der Waals surface area contributed by atoms with E-state index in [0.29, 0.717) is 11.9 Å². The van der Waals surface area contributed by atoms with Crippen LogP contribution in [0.3, 0.4) is 0 Å². The third-order valence-electron chi connectivity index (χ3n) is 3.60. The highest BCUT2D eigenvalue weighted by Gasteiger charge is 2.42. The molecule has 0 aliphatic carbocycles. The molecule has 0 saturated carbocycles. The van der Waals surface area contributed by atoms with Crippen molar-refractivity contribution in [2.75, 3.05) is 19.6 Å². The number of hydrogen-bond acceptors (Lipinski definition) is 2. The molecule has 0 aromatic carbocycles. The molecule has 1 N–H and O–H groups in total. The van der Waals surface area contributed by atoms with Crippen LogP contribution in [-0.2, 0) is 4.79 Å². The molecule has 88 valence electrons. The van der Waals surface area contributed by atoms with Gasteiger partial charge in [-0.1, -0.05) is 6.92 Å². The Morgan fingerprint density at radius 3 is 2.47 bits per heavy atom. The van der Waals surface area contributed by atoms with Crippen molar-refractivity contribution in [2.45, 2.75) is 46.6 Å². The summed E-state index contributed by atoms with van der Waals surface area (Å²) in [6, 6.07) is 0.312. The summed E-state index contributed by atoms with van der Waals surface area (Å²) in [5.41, 5.74) is -0.125. The SMILES string of the molecule is CCN(C(=O)C1(CC)CCNC1)C(C)C. The molecule has 15 heavy (non-hydrogen) atoms. The topological polar surface area (TPSA) is 32.3 Å². The molecule has 1 heterocycles. The van der Waals surface area contributed by atoms with Crippen LogP contribution in [0.4, 0.5) is 0 Å². The fraction of sp³-hybridized carbons (Fsp3) is 0.917. The second-order valence-corrected chi connectivity index (χ2v) is 4.75. The van der Waals surface area contributed by atoms with Crippen molar-refractivity contribution >= 4 is 5.91 Å². The van der Waals surface area contributed by atoms with Crippen LogP contribution in [0.2, 0.25) is 0 Å². The highest BCUT2D eigenvalue weighted by atomic mass is 16.2. The maximum Gasteiger partial charge on any atom is 0.230 e. The lowest BCUT2D eigenvalue weighted by Crippen LogP contribution is -2.47. The van der Waals surface area contributed by atoms with Gasteiger partial charge in [-0.3, -0.25) is 4.79 Å². The van der Waals surface area contributed by atoms with Gasteiger partial charge in [0.25, 0.3) is 0 Å². The molecule has 3 nitrogen and oxygen atoms in total. The van der Waals surface area contributed by atoms with E-state index in [0.717, 1.165) is 32.5 Å². The van der Waals surface area contributed by atoms with E-state index in [1.54, 1.807) is 0 Å². The van der Waals surface area contributed by atoms with Crippen LogP contribution in [0, 0.1) is 5.41 Å². The number of carbonyl (C=O) groups is 1. The molecule has 1 aliphatic heterocycles. The average Bonchev–Trinajstić information content (AvgIpc) is 2.67. The van der Waals surface area contributed by atoms with E-state index in [9.17, 15) is 4.79 Å². The molecule has 1 saturated heterocycles. The molecule has 1 unspecified atom stereocenters. The molecule has 1 amide bonds. The average molecular weight is 212 g/mol. The van der Waals surface area contributed by atoms with Gasteiger partial charge in [-0.15, -0.1) is 0 Å². The summed E-state index contributed by atoms with van der Waals surface area (Å²) in [6.45, 7) is 11.0. The first kappa shape index (κ1) is 12.5. The Kier molecular flexibility index (Phi) is 4.14. The zero-order valence-electron chi connectivity index (χ0n) is 10.5. The Morgan fingerprint density at radius 1 is 1.47 bits per heavy atom. The summed E-state index contributed by atoms with van der Waals surface area (Å²) in [5, 5.41) is 3.32. The van der Waals surface area contributed by atoms with Gasteiger partial charge in [0.1, 0.15) is 0 Å². The predicted octanol–water partition coefficient (Wildman–Crippen LogP) is 1.63. The van der Waals surface area contributed by atoms with Crippen LogP contribution < -0.4 is 5.32 Å². The van der Waals surface area contributed by atoms with Crippen LogP contribution in [0.15, 0.2) is 0 Å². The Labute approximate surface area is 93.2 Å². The lowest BCUT2D eigenvalue weighted by molar-refractivity contribution is -0.142. The summed E-state index contributed by atoms with van der Waals surface area (Å²) in [4.78, 5) is 14.5. The van der Waals surface area contributed by atoms with Gasteiger partial charge in [0.15, 0.2) is 0 Å². The molecule has 0 aromatic heterocycles. The maximum absolute atomic E-state index is 12.5. The molecular weight excluding hydrogens is 188 g/mol. The third-order valence-corrected chi connectivity index (χ3v) is 3.60. The molecular formula is C12H24N2O. The predicted molar refractivity (Wildman–Crippen MR) is 62.7 cm³/mol. The molecule has 3 heteroatoms. The monoisotopic (exact) mass is 212 g/mol. The van der Waals surface area contributed by atoms with Crippen molar-refractivity contribution in [3.05, 3.63) is 0 Å². The minimum absolute atomic E-state index is 0.125. The lowest BCUT2D eigenvalue weighted by atomic mass is 9.82. The van der Waals surface area contributed by atoms with Gasteiger partial charge in [-0.25, -0.2) is 0 Å². The molecule has 1 atom stereocenters. The van der Waals surface area contributed by atoms with Crippen LogP contribution in [-0.4, -0.2) is 36.5 Å². The standard InChI is InChI=1S/C12H24N2O/c1-5-12(7-8-13-9-12)11(15)14(6-2)10(3)4/h10,13H,5-9H2,1-4H3. The smallest absolute Gasteiger partial charge is 0.230 e. The molecule has 0 spiro atoms. The fourth-order valence-electron chi connectivity index (χ4n) is 2.43. The second kappa shape index (κ2) is 4.97. The minimum Gasteiger partial charge on any atom is -0.340 e. The van der Waals surface area contributed by atoms with Crippen molar-refractivity contribution in [3.8, 4) is 0 Å². The van der Waals surface area contributed by atoms with Crippen molar-refractivity contribution in [3.63, 3.8) is 0 Å². The normalized spacial score (nSPS) is 25.9. The summed E-state index contributed by atoms with van der Waals surface area (Å²) < 4.78 is 0. The van der Waals surface area contributed by atoms with Crippen LogP contribution in [0.1, 0.15) is 40.5 Å². The van der Waals surface area contributed by atoms with E-state index in [2.05, 4.69) is 33.0 Å². The maximum atomic E-state index is 12.5. The third kappa shape index (κ3) is 2.33. The van der Waals surface area contributed by atoms with Gasteiger partial charge in [-0.05, 0) is 40.2 Å². The zero-order valence-corrected chi connectivity index (χ0v) is 10.5. The van der Waals surface area contributed by atoms with E-state index < -0.39 is 0 Å². The van der Waals surface area contributed by atoms with Crippen LogP contribution >= 0.6 is 0 Å². The van der Waals surface area contributed by atoms with Crippen molar-refractivity contribution in [1.82, 2.24) is 10.2 Å². The molecule has 1 aliphatic rings. The highest BCUT2D eigenvalue weighted by Crippen LogP contribution is 2.32. The summed E-state index contributed by atoms with van der Waals surface area (Å²) in [6.07, 6.45) is 1.94. The number of nitrogens with one attached hydrogen (secondary N) is 1. The number of amides is 1. The zero-order chi connectivity index (χ0) is 11.5. The minimum atomic E-state index is -0.125. The van der Waals surface area contributed by atoms with Gasteiger partial charge in [-0.2, -0.15) is 0 Å². The van der Waals surface area contributed by atoms with Crippen molar-refractivity contribution < 1.29 is 4.79 Å². The first-order chi connectivity index (χ1) is 7.07. The Hall–Kier alpha value is -0.570. The molecule has 1 rings (SSSR count). The Bertz CT molecular complexity index is 220. The van der Waals surface area contributed by atoms with E-state index in [-0.39, 0.29) is 5.41 Å². The lowest BCUT2D eigenvalue weighted by Gasteiger charge is -2.35. The van der Waals surface area contributed by atoms with E-state index in [1.165, 1.54) is 0 Å². The highest BCUT2D eigenvalue weighted by molar-refractivity contribution is 5.83. The molecule has 0 radical (unpaired) electrons. The van der Waals surface area contributed by atoms with E-state index in [1.807, 2.05) is 4.90 Å². The van der Waals surface area contributed by atoms with E-state index in [4.69, 9.17) is 0 Å². The Balaban J connectivity index is 2.79. The summed E-state index contributed by atoms with van der Waals surface area (Å²) in [7, 11) is 0. The second-order valence-electron chi connectivity index (χ2n) is 4.75.